The number of hydrogen-bond donors (Lipinski definition) is 3. The zero-order valence-corrected chi connectivity index (χ0v) is 47.9. The number of halogens is 5. The molecule has 8 saturated carbocycles. The monoisotopic (exact) mass is 1170 g/mol. The summed E-state index contributed by atoms with van der Waals surface area (Å²) in [7, 11) is 3.68. The van der Waals surface area contributed by atoms with E-state index in [0.29, 0.717) is 63.6 Å². The fourth-order valence-electron chi connectivity index (χ4n) is 18.9. The second-order valence-electron chi connectivity index (χ2n) is 26.0. The molecule has 0 aliphatic heterocycles. The van der Waals surface area contributed by atoms with Crippen LogP contribution in [-0.4, -0.2) is 96.1 Å². The normalized spacial score (nSPS) is 39.6. The van der Waals surface area contributed by atoms with Crippen molar-refractivity contribution in [2.75, 3.05) is 32.8 Å². The molecule has 3 N–H and O–H groups in total. The van der Waals surface area contributed by atoms with Crippen LogP contribution in [0.2, 0.25) is 10.0 Å². The van der Waals surface area contributed by atoms with Gasteiger partial charge in [0.2, 0.25) is 0 Å². The Labute approximate surface area is 474 Å². The Morgan fingerprint density at radius 1 is 0.662 bits per heavy atom. The van der Waals surface area contributed by atoms with E-state index in [2.05, 4.69) is 55.5 Å². The minimum atomic E-state index is -0.589. The molecule has 12 nitrogen and oxygen atoms in total. The first-order chi connectivity index (χ1) is 35.7. The van der Waals surface area contributed by atoms with E-state index >= 15 is 0 Å². The highest BCUT2D eigenvalue weighted by Crippen LogP contribution is 2.70. The first-order valence-electron chi connectivity index (χ1n) is 28.0. The van der Waals surface area contributed by atoms with Crippen LogP contribution in [0.4, 0.5) is 8.78 Å². The van der Waals surface area contributed by atoms with E-state index in [1.54, 1.807) is 12.1 Å². The molecule has 2 aromatic carbocycles. The average Bonchev–Trinajstić information content (AvgIpc) is 4.29. The first kappa shape index (κ1) is 60.4. The summed E-state index contributed by atoms with van der Waals surface area (Å²) in [6.45, 7) is 10.5. The Kier molecular flexibility index (Phi) is 18.0. The van der Waals surface area contributed by atoms with Gasteiger partial charge in [0, 0.05) is 26.1 Å². The molecule has 0 radical (unpaired) electrons. The number of nitrogens with zero attached hydrogens (tertiary/aromatic N) is 5. The van der Waals surface area contributed by atoms with Crippen molar-refractivity contribution >= 4 is 72.8 Å². The molecule has 2 heterocycles. The van der Waals surface area contributed by atoms with Crippen molar-refractivity contribution in [3.63, 3.8) is 0 Å². The predicted molar refractivity (Wildman–Crippen MR) is 303 cm³/mol. The molecule has 0 bridgehead atoms. The fourth-order valence-corrected chi connectivity index (χ4v) is 19.6. The lowest BCUT2D eigenvalue weighted by Gasteiger charge is -2.62. The third-order valence-electron chi connectivity index (χ3n) is 22.3. The van der Waals surface area contributed by atoms with Crippen molar-refractivity contribution in [2.45, 2.75) is 176 Å². The molecule has 8 aliphatic rings. The Morgan fingerprint density at radius 2 is 1.16 bits per heavy atom. The lowest BCUT2D eigenvalue weighted by molar-refractivity contribution is -0.175. The summed E-state index contributed by atoms with van der Waals surface area (Å²) in [4.78, 5) is 26.3. The van der Waals surface area contributed by atoms with Gasteiger partial charge in [0.25, 0.3) is 0 Å². The van der Waals surface area contributed by atoms with Crippen molar-refractivity contribution < 1.29 is 38.1 Å². The maximum Gasteiger partial charge on any atom is 0.171 e. The lowest BCUT2D eigenvalue weighted by atomic mass is 9.43. The number of carbonyl (C=O) groups is 2. The number of nitrogens with one attached hydrogen (secondary N) is 1. The van der Waals surface area contributed by atoms with Crippen LogP contribution in [0.15, 0.2) is 24.3 Å². The Bertz CT molecular complexity index is 2760. The minimum absolute atomic E-state index is 0. The van der Waals surface area contributed by atoms with Crippen molar-refractivity contribution in [1.29, 1.82) is 0 Å². The van der Waals surface area contributed by atoms with Crippen LogP contribution in [0, 0.1) is 92.5 Å². The molecular weight excluding hydrogens is 1090 g/mol. The number of ether oxygens (including phenoxy) is 2. The van der Waals surface area contributed by atoms with Gasteiger partial charge in [-0.25, -0.2) is 13.5 Å². The number of carbonyl (C=O) groups excluding carboxylic acids is 2. The number of alkyl halides is 1. The summed E-state index contributed by atoms with van der Waals surface area (Å²) in [5, 5.41) is 39.8. The van der Waals surface area contributed by atoms with E-state index in [4.69, 9.17) is 32.7 Å². The molecule has 17 heteroatoms. The fraction of sp³-hybridized carbons (Fsp3) is 0.767. The number of methoxy groups -OCH3 is 2. The van der Waals surface area contributed by atoms with E-state index in [9.17, 15) is 28.6 Å². The molecule has 12 rings (SSSR count). The standard InChI is InChI=1S/C29H39ClFN3O3.C23H37BrO3.C6H3ClFN3.2CH4/c1-27(36)12-13-29(16-37-3)17(14-27)4-5-18-19-6-7-21(28(19,2)11-10-20(18)29)24(35)15-34-23-9-8-22(30)25(31)26(23)32-33-34;1-21(26)10-11-23(14-27-3)15(12-21)4-5-16-17-6-7-19(20(25)13-24)22(17,2)9-8-18(16)23;7-3-1-2-4-6(5(3)8)10-11-9-4;;/h8-9,17-21,36H,4-7,10-16H2,1-3H3;15-19,26H,4-14H2,1-3H3;1-2H,(H,9,10,11);2*1H4/t17-,18-,19-,20-,21+,27+,28-,29+;15-,16-,17-,18-,19+,21+,22-,23+;;;/m00.../s1. The van der Waals surface area contributed by atoms with Gasteiger partial charge in [-0.05, 0) is 223 Å². The van der Waals surface area contributed by atoms with Crippen LogP contribution in [0.25, 0.3) is 22.1 Å². The second-order valence-corrected chi connectivity index (χ2v) is 27.4. The number of ketones is 2. The summed E-state index contributed by atoms with van der Waals surface area (Å²) in [5.41, 5.74) is 0.783. The number of aromatic amines is 1. The second kappa shape index (κ2) is 22.9. The van der Waals surface area contributed by atoms with Gasteiger partial charge in [-0.2, -0.15) is 15.4 Å². The molecule has 4 aromatic rings. The molecule has 0 unspecified atom stereocenters. The topological polar surface area (TPSA) is 165 Å². The number of H-pyrrole nitrogens is 1. The Hall–Kier alpha value is -2.66. The number of rotatable bonds is 9. The lowest BCUT2D eigenvalue weighted by Crippen LogP contribution is -2.58. The first-order valence-corrected chi connectivity index (χ1v) is 29.9. The molecule has 0 spiro atoms. The number of benzene rings is 2. The molecule has 428 valence electrons. The summed E-state index contributed by atoms with van der Waals surface area (Å²) in [5.74, 6) is 4.71. The molecule has 16 atom stereocenters. The van der Waals surface area contributed by atoms with Gasteiger partial charge in [0.05, 0.1) is 45.3 Å². The van der Waals surface area contributed by atoms with Gasteiger partial charge in [0.1, 0.15) is 28.9 Å². The molecule has 77 heavy (non-hydrogen) atoms. The summed E-state index contributed by atoms with van der Waals surface area (Å²) < 4.78 is 40.6. The molecule has 0 amide bonds. The maximum atomic E-state index is 14.4. The number of hydrogen-bond acceptors (Lipinski definition) is 10. The number of aliphatic hydroxyl groups is 2. The third-order valence-corrected chi connectivity index (χ3v) is 23.4. The highest BCUT2D eigenvalue weighted by Gasteiger charge is 2.65. The highest BCUT2D eigenvalue weighted by atomic mass is 79.9. The van der Waals surface area contributed by atoms with Crippen LogP contribution in [0.3, 0.4) is 0 Å². The zero-order valence-electron chi connectivity index (χ0n) is 44.8. The van der Waals surface area contributed by atoms with E-state index < -0.39 is 22.8 Å². The number of Topliss-reactive ketones (excluding diaryl/α,β-unsaturated/α-hetero) is 2. The van der Waals surface area contributed by atoms with Crippen molar-refractivity contribution in [3.8, 4) is 0 Å². The Morgan fingerprint density at radius 3 is 1.66 bits per heavy atom. The van der Waals surface area contributed by atoms with Crippen molar-refractivity contribution in [1.82, 2.24) is 30.4 Å². The third kappa shape index (κ3) is 10.5. The smallest absolute Gasteiger partial charge is 0.171 e. The molecule has 8 aliphatic carbocycles. The SMILES string of the molecule is C.C.COC[C@]12CC[C@@](C)(O)C[C@@H]1CC[C@H]1[C@@H]3CC[C@H](C(=O)CBr)[C@@]3(C)CC[C@@H]12.COC[C@]12CC[C@@](C)(O)C[C@@H]1CC[C@H]1[C@@H]3CC[C@H](C(=O)Cn4nnc5c(F)c(Cl)ccc54)[C@@]3(C)CC[C@@H]12.Fc1c(Cl)ccc2n[nH]nc12. The van der Waals surface area contributed by atoms with Gasteiger partial charge < -0.3 is 19.7 Å². The van der Waals surface area contributed by atoms with Crippen molar-refractivity contribution in [3.05, 3.63) is 45.9 Å². The van der Waals surface area contributed by atoms with Crippen LogP contribution in [0.1, 0.15) is 158 Å². The van der Waals surface area contributed by atoms with Crippen LogP contribution < -0.4 is 0 Å². The van der Waals surface area contributed by atoms with Crippen LogP contribution in [-0.2, 0) is 25.6 Å². The average molecular weight is 1180 g/mol. The van der Waals surface area contributed by atoms with Gasteiger partial charge in [-0.3, -0.25) is 9.59 Å². The molecule has 2 aromatic heterocycles. The van der Waals surface area contributed by atoms with E-state index in [0.717, 1.165) is 96.2 Å². The Balaban J connectivity index is 0.000000171. The van der Waals surface area contributed by atoms with E-state index in [1.165, 1.54) is 55.3 Å². The van der Waals surface area contributed by atoms with Gasteiger partial charge in [0.15, 0.2) is 17.4 Å². The summed E-state index contributed by atoms with van der Waals surface area (Å²) in [6, 6.07) is 6.23. The van der Waals surface area contributed by atoms with Crippen molar-refractivity contribution in [2.24, 2.45) is 80.8 Å². The summed E-state index contributed by atoms with van der Waals surface area (Å²) in [6.07, 6.45) is 19.5. The van der Waals surface area contributed by atoms with Gasteiger partial charge in [-0.1, -0.05) is 73.0 Å². The molecular formula is C60H87BrCl2F2N6O6. The zero-order chi connectivity index (χ0) is 53.5. The minimum Gasteiger partial charge on any atom is -0.390 e. The molecule has 0 saturated heterocycles. The van der Waals surface area contributed by atoms with Gasteiger partial charge in [-0.15, -0.1) is 5.10 Å². The van der Waals surface area contributed by atoms with E-state index in [-0.39, 0.29) is 81.8 Å². The van der Waals surface area contributed by atoms with Crippen LogP contribution >= 0.6 is 39.1 Å². The number of fused-ring (bicyclic) bond motifs is 12. The summed E-state index contributed by atoms with van der Waals surface area (Å²) >= 11 is 14.8. The maximum absolute atomic E-state index is 14.4. The molecule has 8 fully saturated rings. The quantitative estimate of drug-likeness (QED) is 0.137. The van der Waals surface area contributed by atoms with Gasteiger partial charge >= 0.3 is 0 Å². The largest absolute Gasteiger partial charge is 0.390 e. The number of aromatic nitrogens is 6. The highest BCUT2D eigenvalue weighted by molar-refractivity contribution is 9.09. The van der Waals surface area contributed by atoms with Crippen LogP contribution in [0.5, 0.6) is 0 Å². The van der Waals surface area contributed by atoms with E-state index in [1.807, 2.05) is 28.1 Å². The predicted octanol–water partition coefficient (Wildman–Crippen LogP) is 13.8.